The van der Waals surface area contributed by atoms with Crippen molar-refractivity contribution in [1.29, 1.82) is 0 Å². The van der Waals surface area contributed by atoms with E-state index < -0.39 is 0 Å². The third kappa shape index (κ3) is 6.48. The molecule has 182 valence electrons. The van der Waals surface area contributed by atoms with E-state index in [0.717, 1.165) is 22.6 Å². The Morgan fingerprint density at radius 2 is 1.82 bits per heavy atom. The predicted octanol–water partition coefficient (Wildman–Crippen LogP) is 4.09. The summed E-state index contributed by atoms with van der Waals surface area (Å²) < 4.78 is 10.4. The summed E-state index contributed by atoms with van der Waals surface area (Å²) in [5.41, 5.74) is 2.61. The van der Waals surface area contributed by atoms with Crippen LogP contribution in [0.15, 0.2) is 53.6 Å². The first-order valence-electron chi connectivity index (χ1n) is 11.2. The smallest absolute Gasteiger partial charge is 0.318 e. The minimum atomic E-state index is -0.318. The second-order valence-electron chi connectivity index (χ2n) is 8.30. The summed E-state index contributed by atoms with van der Waals surface area (Å²) in [6.45, 7) is 4.23. The topological polar surface area (TPSA) is 83.5 Å². The fourth-order valence-electron chi connectivity index (χ4n) is 3.67. The number of amides is 3. The molecule has 1 heterocycles. The molecule has 3 rings (SSSR count). The Hall–Kier alpha value is -3.10. The summed E-state index contributed by atoms with van der Waals surface area (Å²) in [5, 5.41) is 9.62. The Morgan fingerprint density at radius 3 is 2.41 bits per heavy atom. The number of nitrogens with zero attached hydrogens (tertiary/aromatic N) is 3. The molecule has 0 fully saturated rings. The van der Waals surface area contributed by atoms with Crippen LogP contribution >= 0.6 is 11.6 Å². The molecule has 9 heteroatoms. The van der Waals surface area contributed by atoms with Crippen LogP contribution in [0, 0.1) is 0 Å². The molecule has 34 heavy (non-hydrogen) atoms. The zero-order valence-corrected chi connectivity index (χ0v) is 20.7. The number of carbonyl (C=O) groups is 2. The van der Waals surface area contributed by atoms with E-state index in [1.165, 1.54) is 9.91 Å². The van der Waals surface area contributed by atoms with Crippen LogP contribution in [0.3, 0.4) is 0 Å². The number of methoxy groups -OCH3 is 2. The molecule has 0 radical (unpaired) electrons. The number of ether oxygens (including phenoxy) is 2. The van der Waals surface area contributed by atoms with Crippen LogP contribution in [0.1, 0.15) is 37.4 Å². The molecule has 0 saturated heterocycles. The summed E-state index contributed by atoms with van der Waals surface area (Å²) in [6, 6.07) is 14.3. The highest BCUT2D eigenvalue weighted by molar-refractivity contribution is 6.30. The van der Waals surface area contributed by atoms with Gasteiger partial charge in [0.2, 0.25) is 0 Å². The molecular weight excluding hydrogens is 456 g/mol. The van der Waals surface area contributed by atoms with Crippen molar-refractivity contribution >= 4 is 29.3 Å². The van der Waals surface area contributed by atoms with Gasteiger partial charge in [0.15, 0.2) is 0 Å². The molecule has 3 amide bonds. The lowest BCUT2D eigenvalue weighted by molar-refractivity contribution is -0.133. The number of rotatable bonds is 9. The van der Waals surface area contributed by atoms with Crippen molar-refractivity contribution in [2.24, 2.45) is 5.10 Å². The SMILES string of the molecule is COCCN(CC(=O)N1N=C(c2ccc(OC)cc2)CC1c1ccc(Cl)cc1)C(=O)NC(C)C. The highest BCUT2D eigenvalue weighted by atomic mass is 35.5. The van der Waals surface area contributed by atoms with E-state index in [1.54, 1.807) is 26.4 Å². The van der Waals surface area contributed by atoms with Gasteiger partial charge in [0.25, 0.3) is 5.91 Å². The van der Waals surface area contributed by atoms with E-state index in [4.69, 9.17) is 21.1 Å². The second kappa shape index (κ2) is 11.9. The molecule has 0 aliphatic carbocycles. The molecule has 1 N–H and O–H groups in total. The summed E-state index contributed by atoms with van der Waals surface area (Å²) in [6.07, 6.45) is 0.538. The number of hydrogen-bond acceptors (Lipinski definition) is 5. The van der Waals surface area contributed by atoms with Crippen molar-refractivity contribution in [3.05, 3.63) is 64.7 Å². The molecule has 1 aliphatic rings. The van der Waals surface area contributed by atoms with Gasteiger partial charge < -0.3 is 19.7 Å². The molecule has 1 atom stereocenters. The van der Waals surface area contributed by atoms with Crippen LogP contribution in [0.4, 0.5) is 4.79 Å². The van der Waals surface area contributed by atoms with Crippen molar-refractivity contribution in [3.8, 4) is 5.75 Å². The molecule has 2 aromatic rings. The van der Waals surface area contributed by atoms with Crippen LogP contribution in [0.2, 0.25) is 5.02 Å². The lowest BCUT2D eigenvalue weighted by Gasteiger charge is -2.27. The van der Waals surface area contributed by atoms with Gasteiger partial charge in [0.05, 0.1) is 25.5 Å². The fraction of sp³-hybridized carbons (Fsp3) is 0.400. The minimum absolute atomic E-state index is 0.0547. The van der Waals surface area contributed by atoms with Crippen molar-refractivity contribution in [2.75, 3.05) is 33.9 Å². The Balaban J connectivity index is 1.88. The maximum atomic E-state index is 13.4. The van der Waals surface area contributed by atoms with Gasteiger partial charge in [-0.1, -0.05) is 23.7 Å². The van der Waals surface area contributed by atoms with Crippen LogP contribution in [-0.2, 0) is 9.53 Å². The number of carbonyl (C=O) groups excluding carboxylic acids is 2. The Labute approximate surface area is 205 Å². The van der Waals surface area contributed by atoms with E-state index in [9.17, 15) is 9.59 Å². The third-order valence-corrected chi connectivity index (χ3v) is 5.69. The summed E-state index contributed by atoms with van der Waals surface area (Å²) in [7, 11) is 3.17. The van der Waals surface area contributed by atoms with Gasteiger partial charge in [-0.15, -0.1) is 0 Å². The summed E-state index contributed by atoms with van der Waals surface area (Å²) in [4.78, 5) is 27.6. The first-order chi connectivity index (χ1) is 16.3. The normalized spacial score (nSPS) is 15.3. The predicted molar refractivity (Wildman–Crippen MR) is 132 cm³/mol. The maximum absolute atomic E-state index is 13.4. The molecule has 0 saturated carbocycles. The Kier molecular flexibility index (Phi) is 8.90. The quantitative estimate of drug-likeness (QED) is 0.578. The molecule has 1 aliphatic heterocycles. The van der Waals surface area contributed by atoms with Gasteiger partial charge in [-0.05, 0) is 61.4 Å². The highest BCUT2D eigenvalue weighted by Gasteiger charge is 2.34. The van der Waals surface area contributed by atoms with E-state index in [0.29, 0.717) is 18.1 Å². The fourth-order valence-corrected chi connectivity index (χ4v) is 3.80. The largest absolute Gasteiger partial charge is 0.497 e. The zero-order chi connectivity index (χ0) is 24.7. The maximum Gasteiger partial charge on any atom is 0.318 e. The Morgan fingerprint density at radius 1 is 1.15 bits per heavy atom. The van der Waals surface area contributed by atoms with Crippen LogP contribution in [0.25, 0.3) is 0 Å². The van der Waals surface area contributed by atoms with Crippen LogP contribution in [0.5, 0.6) is 5.75 Å². The Bertz CT molecular complexity index is 1010. The van der Waals surface area contributed by atoms with Gasteiger partial charge >= 0.3 is 6.03 Å². The van der Waals surface area contributed by atoms with Crippen molar-refractivity contribution in [2.45, 2.75) is 32.4 Å². The lowest BCUT2D eigenvalue weighted by Crippen LogP contribution is -2.48. The third-order valence-electron chi connectivity index (χ3n) is 5.43. The zero-order valence-electron chi connectivity index (χ0n) is 20.0. The standard InChI is InChI=1S/C25H31ClN4O4/c1-17(2)27-25(32)29(13-14-33-3)16-24(31)30-23(19-5-9-20(26)10-6-19)15-22(28-30)18-7-11-21(34-4)12-8-18/h5-12,17,23H,13-16H2,1-4H3,(H,27,32). The van der Waals surface area contributed by atoms with E-state index in [-0.39, 0.29) is 37.1 Å². The minimum Gasteiger partial charge on any atom is -0.497 e. The highest BCUT2D eigenvalue weighted by Crippen LogP contribution is 2.33. The van der Waals surface area contributed by atoms with E-state index in [1.807, 2.05) is 50.2 Å². The molecular formula is C25H31ClN4O4. The number of urea groups is 1. The van der Waals surface area contributed by atoms with Crippen molar-refractivity contribution < 1.29 is 19.1 Å². The van der Waals surface area contributed by atoms with Crippen LogP contribution < -0.4 is 10.1 Å². The monoisotopic (exact) mass is 486 g/mol. The molecule has 0 spiro atoms. The first kappa shape index (κ1) is 25.5. The first-order valence-corrected chi connectivity index (χ1v) is 11.5. The van der Waals surface area contributed by atoms with Gasteiger partial charge in [0.1, 0.15) is 12.3 Å². The summed E-state index contributed by atoms with van der Waals surface area (Å²) >= 11 is 6.08. The van der Waals surface area contributed by atoms with Gasteiger partial charge in [-0.25, -0.2) is 9.80 Å². The number of halogens is 1. The van der Waals surface area contributed by atoms with Gasteiger partial charge in [-0.3, -0.25) is 4.79 Å². The van der Waals surface area contributed by atoms with E-state index >= 15 is 0 Å². The lowest BCUT2D eigenvalue weighted by atomic mass is 9.98. The number of hydrazone groups is 1. The van der Waals surface area contributed by atoms with Crippen LogP contribution in [-0.4, -0.2) is 67.5 Å². The second-order valence-corrected chi connectivity index (χ2v) is 8.74. The molecule has 8 nitrogen and oxygen atoms in total. The van der Waals surface area contributed by atoms with Gasteiger partial charge in [0, 0.05) is 31.1 Å². The molecule has 0 aromatic heterocycles. The average Bonchev–Trinajstić information content (AvgIpc) is 3.27. The van der Waals surface area contributed by atoms with Crippen molar-refractivity contribution in [3.63, 3.8) is 0 Å². The number of hydrogen-bond donors (Lipinski definition) is 1. The van der Waals surface area contributed by atoms with Crippen molar-refractivity contribution in [1.82, 2.24) is 15.2 Å². The molecule has 1 unspecified atom stereocenters. The summed E-state index contributed by atoms with van der Waals surface area (Å²) in [5.74, 6) is 0.466. The molecule has 2 aromatic carbocycles. The number of benzene rings is 2. The number of nitrogens with one attached hydrogen (secondary N) is 1. The molecule has 0 bridgehead atoms. The average molecular weight is 487 g/mol. The van der Waals surface area contributed by atoms with Gasteiger partial charge in [-0.2, -0.15) is 5.10 Å². The van der Waals surface area contributed by atoms with E-state index in [2.05, 4.69) is 10.4 Å².